The Hall–Kier alpha value is -2.88. The summed E-state index contributed by atoms with van der Waals surface area (Å²) in [4.78, 5) is 8.82. The summed E-state index contributed by atoms with van der Waals surface area (Å²) < 4.78 is 2.12. The zero-order valence-corrected chi connectivity index (χ0v) is 11.4. The molecule has 2 aromatic heterocycles. The molecule has 4 aromatic rings. The van der Waals surface area contributed by atoms with E-state index in [0.29, 0.717) is 5.69 Å². The molecule has 0 fully saturated rings. The Balaban J connectivity index is 1.85. The van der Waals surface area contributed by atoms with Gasteiger partial charge in [-0.3, -0.25) is 4.98 Å². The molecule has 2 aromatic carbocycles. The third-order valence-electron chi connectivity index (χ3n) is 3.76. The summed E-state index contributed by atoms with van der Waals surface area (Å²) in [5.41, 5.74) is 10.8. The third kappa shape index (κ3) is 1.92. The fourth-order valence-corrected chi connectivity index (χ4v) is 2.71. The first-order valence-electron chi connectivity index (χ1n) is 6.85. The van der Waals surface area contributed by atoms with Crippen LogP contribution in [0.5, 0.6) is 0 Å². The van der Waals surface area contributed by atoms with Crippen molar-refractivity contribution in [2.45, 2.75) is 6.54 Å². The number of imidazole rings is 1. The maximum atomic E-state index is 5.97. The number of benzene rings is 2. The lowest BCUT2D eigenvalue weighted by Gasteiger charge is -2.08. The maximum absolute atomic E-state index is 5.97. The molecule has 2 heterocycles. The zero-order valence-electron chi connectivity index (χ0n) is 11.4. The lowest BCUT2D eigenvalue weighted by Crippen LogP contribution is -1.99. The molecule has 0 atom stereocenters. The Labute approximate surface area is 121 Å². The van der Waals surface area contributed by atoms with Gasteiger partial charge in [0.2, 0.25) is 0 Å². The van der Waals surface area contributed by atoms with Gasteiger partial charge in [0.1, 0.15) is 5.52 Å². The van der Waals surface area contributed by atoms with E-state index >= 15 is 0 Å². The standard InChI is InChI=1S/C17H14N4/c18-14-5-3-7-16-17(14)20-11-21(16)10-12-8-9-19-15-6-2-1-4-13(12)15/h1-9,11H,10,18H2. The van der Waals surface area contributed by atoms with Gasteiger partial charge in [-0.2, -0.15) is 0 Å². The van der Waals surface area contributed by atoms with E-state index in [0.717, 1.165) is 23.1 Å². The number of nitrogens with two attached hydrogens (primary N) is 1. The Morgan fingerprint density at radius 2 is 1.86 bits per heavy atom. The Kier molecular flexibility index (Phi) is 2.60. The molecule has 4 heteroatoms. The number of hydrogen-bond donors (Lipinski definition) is 1. The Morgan fingerprint density at radius 1 is 0.952 bits per heavy atom. The smallest absolute Gasteiger partial charge is 0.111 e. The molecule has 0 spiro atoms. The van der Waals surface area contributed by atoms with Crippen LogP contribution in [0.4, 0.5) is 5.69 Å². The molecule has 21 heavy (non-hydrogen) atoms. The maximum Gasteiger partial charge on any atom is 0.111 e. The van der Waals surface area contributed by atoms with Crippen LogP contribution in [-0.4, -0.2) is 14.5 Å². The zero-order chi connectivity index (χ0) is 14.2. The summed E-state index contributed by atoms with van der Waals surface area (Å²) in [6, 6.07) is 16.1. The van der Waals surface area contributed by atoms with Crippen LogP contribution in [0.15, 0.2) is 61.1 Å². The van der Waals surface area contributed by atoms with Gasteiger partial charge >= 0.3 is 0 Å². The molecule has 2 N–H and O–H groups in total. The van der Waals surface area contributed by atoms with Crippen molar-refractivity contribution < 1.29 is 0 Å². The van der Waals surface area contributed by atoms with Gasteiger partial charge < -0.3 is 10.3 Å². The second-order valence-corrected chi connectivity index (χ2v) is 5.07. The van der Waals surface area contributed by atoms with Gasteiger partial charge in [0.05, 0.1) is 23.0 Å². The van der Waals surface area contributed by atoms with Crippen molar-refractivity contribution in [3.05, 3.63) is 66.6 Å². The van der Waals surface area contributed by atoms with E-state index in [2.05, 4.69) is 26.7 Å². The van der Waals surface area contributed by atoms with Crippen molar-refractivity contribution in [3.8, 4) is 0 Å². The first kappa shape index (κ1) is 11.9. The highest BCUT2D eigenvalue weighted by Crippen LogP contribution is 2.22. The molecule has 0 aliphatic heterocycles. The van der Waals surface area contributed by atoms with Crippen LogP contribution in [0.3, 0.4) is 0 Å². The number of nitrogens with zero attached hydrogens (tertiary/aromatic N) is 3. The number of pyridine rings is 1. The van der Waals surface area contributed by atoms with Crippen molar-refractivity contribution in [2.75, 3.05) is 5.73 Å². The number of rotatable bonds is 2. The van der Waals surface area contributed by atoms with Crippen LogP contribution in [-0.2, 0) is 6.54 Å². The minimum atomic E-state index is 0.714. The van der Waals surface area contributed by atoms with Gasteiger partial charge in [0.15, 0.2) is 0 Å². The molecule has 0 bridgehead atoms. The highest BCUT2D eigenvalue weighted by molar-refractivity contribution is 5.87. The number of anilines is 1. The number of hydrogen-bond acceptors (Lipinski definition) is 3. The Bertz CT molecular complexity index is 934. The first-order chi connectivity index (χ1) is 10.3. The molecule has 0 unspecified atom stereocenters. The largest absolute Gasteiger partial charge is 0.397 e. The minimum absolute atomic E-state index is 0.714. The van der Waals surface area contributed by atoms with Crippen LogP contribution in [0, 0.1) is 0 Å². The molecule has 0 amide bonds. The topological polar surface area (TPSA) is 56.7 Å². The van der Waals surface area contributed by atoms with Crippen molar-refractivity contribution in [1.29, 1.82) is 0 Å². The van der Waals surface area contributed by atoms with Crippen LogP contribution < -0.4 is 5.73 Å². The van der Waals surface area contributed by atoms with Crippen LogP contribution >= 0.6 is 0 Å². The average Bonchev–Trinajstić information content (AvgIpc) is 2.92. The summed E-state index contributed by atoms with van der Waals surface area (Å²) in [6.45, 7) is 0.753. The molecule has 0 saturated heterocycles. The SMILES string of the molecule is Nc1cccc2c1ncn2Cc1ccnc2ccccc12. The predicted molar refractivity (Wildman–Crippen MR) is 85.0 cm³/mol. The van der Waals surface area contributed by atoms with Gasteiger partial charge in [0.25, 0.3) is 0 Å². The molecule has 4 nitrogen and oxygen atoms in total. The number of fused-ring (bicyclic) bond motifs is 2. The molecule has 0 aliphatic carbocycles. The van der Waals surface area contributed by atoms with E-state index in [4.69, 9.17) is 5.73 Å². The molecule has 4 rings (SSSR count). The molecule has 0 radical (unpaired) electrons. The normalized spacial score (nSPS) is 11.2. The van der Waals surface area contributed by atoms with Crippen LogP contribution in [0.2, 0.25) is 0 Å². The van der Waals surface area contributed by atoms with E-state index in [1.54, 1.807) is 0 Å². The minimum Gasteiger partial charge on any atom is -0.397 e. The predicted octanol–water partition coefficient (Wildman–Crippen LogP) is 3.22. The molecule has 0 aliphatic rings. The Morgan fingerprint density at radius 3 is 2.81 bits per heavy atom. The van der Waals surface area contributed by atoms with Crippen molar-refractivity contribution in [1.82, 2.24) is 14.5 Å². The number of nitrogen functional groups attached to an aromatic ring is 1. The van der Waals surface area contributed by atoms with Gasteiger partial charge in [0, 0.05) is 18.1 Å². The summed E-state index contributed by atoms with van der Waals surface area (Å²) in [5, 5.41) is 1.17. The lowest BCUT2D eigenvalue weighted by molar-refractivity contribution is 0.829. The second kappa shape index (κ2) is 4.59. The van der Waals surface area contributed by atoms with E-state index in [1.807, 2.05) is 48.9 Å². The summed E-state index contributed by atoms with van der Waals surface area (Å²) in [6.07, 6.45) is 3.70. The molecular weight excluding hydrogens is 260 g/mol. The fourth-order valence-electron chi connectivity index (χ4n) is 2.71. The van der Waals surface area contributed by atoms with E-state index in [1.165, 1.54) is 10.9 Å². The van der Waals surface area contributed by atoms with Crippen LogP contribution in [0.25, 0.3) is 21.9 Å². The van der Waals surface area contributed by atoms with Gasteiger partial charge in [-0.05, 0) is 29.8 Å². The van der Waals surface area contributed by atoms with Gasteiger partial charge in [-0.15, -0.1) is 0 Å². The second-order valence-electron chi connectivity index (χ2n) is 5.07. The molecule has 102 valence electrons. The van der Waals surface area contributed by atoms with Crippen LogP contribution in [0.1, 0.15) is 5.56 Å². The molecule has 0 saturated carbocycles. The highest BCUT2D eigenvalue weighted by Gasteiger charge is 2.07. The summed E-state index contributed by atoms with van der Waals surface area (Å²) in [5.74, 6) is 0. The fraction of sp³-hybridized carbons (Fsp3) is 0.0588. The van der Waals surface area contributed by atoms with Crippen molar-refractivity contribution in [3.63, 3.8) is 0 Å². The third-order valence-corrected chi connectivity index (χ3v) is 3.76. The van der Waals surface area contributed by atoms with Crippen molar-refractivity contribution in [2.24, 2.45) is 0 Å². The highest BCUT2D eigenvalue weighted by atomic mass is 15.0. The monoisotopic (exact) mass is 274 g/mol. The van der Waals surface area contributed by atoms with E-state index < -0.39 is 0 Å². The number of para-hydroxylation sites is 2. The first-order valence-corrected chi connectivity index (χ1v) is 6.85. The van der Waals surface area contributed by atoms with Crippen molar-refractivity contribution >= 4 is 27.6 Å². The average molecular weight is 274 g/mol. The molecular formula is C17H14N4. The van der Waals surface area contributed by atoms with Gasteiger partial charge in [-0.25, -0.2) is 4.98 Å². The van der Waals surface area contributed by atoms with Gasteiger partial charge in [-0.1, -0.05) is 24.3 Å². The van der Waals surface area contributed by atoms with E-state index in [9.17, 15) is 0 Å². The lowest BCUT2D eigenvalue weighted by atomic mass is 10.1. The number of aromatic nitrogens is 3. The van der Waals surface area contributed by atoms with E-state index in [-0.39, 0.29) is 0 Å². The summed E-state index contributed by atoms with van der Waals surface area (Å²) >= 11 is 0. The summed E-state index contributed by atoms with van der Waals surface area (Å²) in [7, 11) is 0. The quantitative estimate of drug-likeness (QED) is 0.571.